The van der Waals surface area contributed by atoms with E-state index in [1.54, 1.807) is 7.11 Å². The van der Waals surface area contributed by atoms with Gasteiger partial charge in [0.2, 0.25) is 0 Å². The van der Waals surface area contributed by atoms with Crippen LogP contribution in [0.4, 0.5) is 0 Å². The van der Waals surface area contributed by atoms with E-state index in [1.165, 1.54) is 0 Å². The Balaban J connectivity index is 1.61. The Morgan fingerprint density at radius 3 is 2.51 bits per heavy atom. The highest BCUT2D eigenvalue weighted by atomic mass is 16.5. The minimum atomic E-state index is -0.330. The maximum absolute atomic E-state index is 13.5. The summed E-state index contributed by atoms with van der Waals surface area (Å²) in [7, 11) is 1.66. The smallest absolute Gasteiger partial charge is 0.253 e. The van der Waals surface area contributed by atoms with Crippen LogP contribution in [0.1, 0.15) is 53.9 Å². The lowest BCUT2D eigenvalue weighted by atomic mass is 9.94. The van der Waals surface area contributed by atoms with Crippen molar-refractivity contribution in [2.45, 2.75) is 46.2 Å². The fourth-order valence-electron chi connectivity index (χ4n) is 5.00. The fraction of sp³-hybridized carbons (Fsp3) is 0.407. The third-order valence-electron chi connectivity index (χ3n) is 7.25. The summed E-state index contributed by atoms with van der Waals surface area (Å²) in [4.78, 5) is 19.0. The Hall–Kier alpha value is -3.52. The third kappa shape index (κ3) is 4.58. The molecule has 0 unspecified atom stereocenters. The molecule has 0 amide bonds. The van der Waals surface area contributed by atoms with Crippen molar-refractivity contribution in [3.8, 4) is 5.75 Å². The van der Waals surface area contributed by atoms with Crippen LogP contribution in [0.25, 0.3) is 10.9 Å². The molecule has 0 saturated carbocycles. The monoisotopic (exact) mass is 472 g/mol. The zero-order valence-electron chi connectivity index (χ0n) is 20.8. The largest absolute Gasteiger partial charge is 0.497 e. The molecule has 1 aliphatic heterocycles. The predicted molar refractivity (Wildman–Crippen MR) is 136 cm³/mol. The normalized spacial score (nSPS) is 16.0. The number of pyridine rings is 1. The van der Waals surface area contributed by atoms with E-state index < -0.39 is 0 Å². The molecule has 1 aliphatic rings. The molecule has 1 N–H and O–H groups in total. The molecule has 8 nitrogen and oxygen atoms in total. The van der Waals surface area contributed by atoms with E-state index in [0.29, 0.717) is 23.9 Å². The van der Waals surface area contributed by atoms with Crippen LogP contribution < -0.4 is 10.3 Å². The molecule has 1 saturated heterocycles. The number of hydrogen-bond acceptors (Lipinski definition) is 6. The van der Waals surface area contributed by atoms with Crippen molar-refractivity contribution in [3.63, 3.8) is 0 Å². The van der Waals surface area contributed by atoms with Gasteiger partial charge in [-0.1, -0.05) is 31.2 Å². The molecule has 0 radical (unpaired) electrons. The lowest BCUT2D eigenvalue weighted by Crippen LogP contribution is -2.40. The number of likely N-dealkylation sites (tertiary alicyclic amines) is 1. The molecule has 0 spiro atoms. The Morgan fingerprint density at radius 1 is 1.09 bits per heavy atom. The molecule has 0 aliphatic carbocycles. The highest BCUT2D eigenvalue weighted by Crippen LogP contribution is 2.32. The minimum absolute atomic E-state index is 0.0891. The van der Waals surface area contributed by atoms with Gasteiger partial charge in [0.05, 0.1) is 19.2 Å². The second-order valence-corrected chi connectivity index (χ2v) is 9.71. The molecule has 1 atom stereocenters. The SMILES string of the molecule is COc1ccc(Cn2nnnc2[C@H](c2cc3c(C)ccc(C)c3[nH]c2=O)N2CCC(C)CC2)cc1. The van der Waals surface area contributed by atoms with Gasteiger partial charge in [0.25, 0.3) is 5.56 Å². The molecular weight excluding hydrogens is 440 g/mol. The van der Waals surface area contributed by atoms with Gasteiger partial charge in [-0.15, -0.1) is 5.10 Å². The van der Waals surface area contributed by atoms with Crippen molar-refractivity contribution < 1.29 is 4.74 Å². The van der Waals surface area contributed by atoms with Crippen molar-refractivity contribution in [1.82, 2.24) is 30.1 Å². The lowest BCUT2D eigenvalue weighted by molar-refractivity contribution is 0.149. The van der Waals surface area contributed by atoms with Gasteiger partial charge in [0, 0.05) is 10.9 Å². The van der Waals surface area contributed by atoms with E-state index in [0.717, 1.165) is 59.3 Å². The third-order valence-corrected chi connectivity index (χ3v) is 7.25. The molecule has 35 heavy (non-hydrogen) atoms. The maximum Gasteiger partial charge on any atom is 0.253 e. The van der Waals surface area contributed by atoms with E-state index >= 15 is 0 Å². The van der Waals surface area contributed by atoms with Gasteiger partial charge in [-0.05, 0) is 91.0 Å². The summed E-state index contributed by atoms with van der Waals surface area (Å²) in [5, 5.41) is 13.9. The highest BCUT2D eigenvalue weighted by Gasteiger charge is 2.32. The first kappa shape index (κ1) is 23.2. The van der Waals surface area contributed by atoms with Crippen molar-refractivity contribution >= 4 is 10.9 Å². The number of nitrogens with zero attached hydrogens (tertiary/aromatic N) is 5. The quantitative estimate of drug-likeness (QED) is 0.456. The molecule has 2 aromatic heterocycles. The van der Waals surface area contributed by atoms with Crippen LogP contribution in [0.5, 0.6) is 5.75 Å². The number of aromatic amines is 1. The van der Waals surface area contributed by atoms with Crippen molar-refractivity contribution in [3.05, 3.63) is 80.9 Å². The molecular formula is C27H32N6O2. The van der Waals surface area contributed by atoms with Gasteiger partial charge < -0.3 is 9.72 Å². The molecule has 3 heterocycles. The van der Waals surface area contributed by atoms with Crippen LogP contribution in [-0.4, -0.2) is 50.3 Å². The molecule has 1 fully saturated rings. The van der Waals surface area contributed by atoms with Gasteiger partial charge in [-0.25, -0.2) is 4.68 Å². The first-order chi connectivity index (χ1) is 16.9. The number of aromatic nitrogens is 5. The summed E-state index contributed by atoms with van der Waals surface area (Å²) < 4.78 is 7.10. The van der Waals surface area contributed by atoms with Crippen molar-refractivity contribution in [2.75, 3.05) is 20.2 Å². The molecule has 182 valence electrons. The zero-order valence-corrected chi connectivity index (χ0v) is 20.8. The molecule has 2 aromatic carbocycles. The molecule has 8 heteroatoms. The number of methoxy groups -OCH3 is 1. The number of piperidine rings is 1. The van der Waals surface area contributed by atoms with E-state index in [-0.39, 0.29) is 11.6 Å². The fourth-order valence-corrected chi connectivity index (χ4v) is 5.00. The number of H-pyrrole nitrogens is 1. The molecule has 5 rings (SSSR count). The average Bonchev–Trinajstić information content (AvgIpc) is 3.31. The van der Waals surface area contributed by atoms with E-state index in [2.05, 4.69) is 45.3 Å². The Labute approximate surface area is 204 Å². The van der Waals surface area contributed by atoms with Crippen LogP contribution >= 0.6 is 0 Å². The summed E-state index contributed by atoms with van der Waals surface area (Å²) in [6, 6.07) is 13.8. The van der Waals surface area contributed by atoms with Crippen LogP contribution in [0.3, 0.4) is 0 Å². The topological polar surface area (TPSA) is 88.9 Å². The average molecular weight is 473 g/mol. The van der Waals surface area contributed by atoms with Crippen LogP contribution in [0.2, 0.25) is 0 Å². The summed E-state index contributed by atoms with van der Waals surface area (Å²) in [6.07, 6.45) is 2.17. The van der Waals surface area contributed by atoms with Crippen molar-refractivity contribution in [2.24, 2.45) is 5.92 Å². The van der Waals surface area contributed by atoms with Crippen LogP contribution in [-0.2, 0) is 6.54 Å². The van der Waals surface area contributed by atoms with E-state index in [1.807, 2.05) is 48.0 Å². The summed E-state index contributed by atoms with van der Waals surface area (Å²) in [5.74, 6) is 2.16. The van der Waals surface area contributed by atoms with Crippen LogP contribution in [0.15, 0.2) is 47.3 Å². The second-order valence-electron chi connectivity index (χ2n) is 9.71. The number of rotatable bonds is 6. The van der Waals surface area contributed by atoms with Gasteiger partial charge in [-0.3, -0.25) is 9.69 Å². The zero-order chi connectivity index (χ0) is 24.5. The number of aryl methyl sites for hydroxylation is 2. The molecule has 4 aromatic rings. The Morgan fingerprint density at radius 2 is 1.80 bits per heavy atom. The highest BCUT2D eigenvalue weighted by molar-refractivity contribution is 5.85. The van der Waals surface area contributed by atoms with Crippen molar-refractivity contribution in [1.29, 1.82) is 0 Å². The van der Waals surface area contributed by atoms with Gasteiger partial charge in [0.1, 0.15) is 11.8 Å². The number of nitrogens with one attached hydrogen (secondary N) is 1. The van der Waals surface area contributed by atoms with E-state index in [9.17, 15) is 4.79 Å². The number of benzene rings is 2. The second kappa shape index (κ2) is 9.62. The summed E-state index contributed by atoms with van der Waals surface area (Å²) in [6.45, 7) is 8.69. The predicted octanol–water partition coefficient (Wildman–Crippen LogP) is 4.01. The Bertz CT molecular complexity index is 1380. The van der Waals surface area contributed by atoms with E-state index in [4.69, 9.17) is 4.74 Å². The van der Waals surface area contributed by atoms with Gasteiger partial charge >= 0.3 is 0 Å². The number of ether oxygens (including phenoxy) is 1. The first-order valence-electron chi connectivity index (χ1n) is 12.2. The number of hydrogen-bond donors (Lipinski definition) is 1. The lowest BCUT2D eigenvalue weighted by Gasteiger charge is -2.36. The standard InChI is InChI=1S/C27H32N6O2/c1-17-11-13-32(14-12-17)25(23-15-22-18(2)5-6-19(3)24(22)28-27(23)34)26-29-30-31-33(26)16-20-7-9-21(35-4)10-8-20/h5-10,15,17,25H,11-14,16H2,1-4H3,(H,28,34)/t25-/m0/s1. The summed E-state index contributed by atoms with van der Waals surface area (Å²) in [5.41, 5.74) is 4.74. The number of tetrazole rings is 1. The van der Waals surface area contributed by atoms with Gasteiger partial charge in [0.15, 0.2) is 5.82 Å². The molecule has 0 bridgehead atoms. The minimum Gasteiger partial charge on any atom is -0.497 e. The Kier molecular flexibility index (Phi) is 6.38. The first-order valence-corrected chi connectivity index (χ1v) is 12.2. The summed E-state index contributed by atoms with van der Waals surface area (Å²) >= 11 is 0. The number of fused-ring (bicyclic) bond motifs is 1. The maximum atomic E-state index is 13.5. The van der Waals surface area contributed by atoms with Gasteiger partial charge in [-0.2, -0.15) is 0 Å². The van der Waals surface area contributed by atoms with Crippen LogP contribution in [0, 0.1) is 19.8 Å².